The van der Waals surface area contributed by atoms with E-state index in [1.807, 2.05) is 26.0 Å². The highest BCUT2D eigenvalue weighted by atomic mass is 16.4. The van der Waals surface area contributed by atoms with Crippen molar-refractivity contribution in [3.63, 3.8) is 0 Å². The van der Waals surface area contributed by atoms with Gasteiger partial charge in [0.25, 0.3) is 0 Å². The van der Waals surface area contributed by atoms with Gasteiger partial charge >= 0.3 is 5.97 Å². The van der Waals surface area contributed by atoms with Crippen LogP contribution < -0.4 is 15.6 Å². The maximum absolute atomic E-state index is 13.1. The number of hydrogen-bond donors (Lipinski definition) is 2. The van der Waals surface area contributed by atoms with Gasteiger partial charge in [-0.25, -0.2) is 4.79 Å². The molecule has 6 heteroatoms. The Kier molecular flexibility index (Phi) is 5.36. The Balaban J connectivity index is 1.57. The third-order valence-electron chi connectivity index (χ3n) is 6.51. The lowest BCUT2D eigenvalue weighted by Crippen LogP contribution is -2.18. The van der Waals surface area contributed by atoms with Gasteiger partial charge in [0.2, 0.25) is 5.88 Å². The van der Waals surface area contributed by atoms with Crippen LogP contribution in [0.4, 0.5) is 11.6 Å². The molecule has 6 nitrogen and oxygen atoms in total. The number of nitrogens with zero attached hydrogens (tertiary/aromatic N) is 1. The summed E-state index contributed by atoms with van der Waals surface area (Å²) >= 11 is 0. The number of fused-ring (bicyclic) bond motifs is 2. The molecule has 0 radical (unpaired) electrons. The Morgan fingerprint density at radius 2 is 1.85 bits per heavy atom. The molecule has 0 aliphatic carbocycles. The number of rotatable bonds is 5. The number of aryl methyl sites for hydroxylation is 2. The van der Waals surface area contributed by atoms with E-state index in [4.69, 9.17) is 4.42 Å². The molecule has 0 spiro atoms. The van der Waals surface area contributed by atoms with Gasteiger partial charge in [-0.1, -0.05) is 36.4 Å². The Bertz CT molecular complexity index is 1490. The van der Waals surface area contributed by atoms with E-state index in [1.165, 1.54) is 16.7 Å². The molecule has 0 fully saturated rings. The van der Waals surface area contributed by atoms with Crippen molar-refractivity contribution < 1.29 is 14.3 Å². The van der Waals surface area contributed by atoms with Crippen LogP contribution in [-0.4, -0.2) is 11.1 Å². The summed E-state index contributed by atoms with van der Waals surface area (Å²) in [7, 11) is 0. The average Bonchev–Trinajstić information content (AvgIpc) is 3.25. The number of anilines is 2. The normalized spacial score (nSPS) is 13.7. The molecule has 1 aliphatic heterocycles. The number of nitrogens with one attached hydrogen (secondary N) is 1. The van der Waals surface area contributed by atoms with Gasteiger partial charge in [0.15, 0.2) is 5.43 Å². The van der Waals surface area contributed by atoms with E-state index >= 15 is 0 Å². The molecular formula is C28H26N2O4. The van der Waals surface area contributed by atoms with Crippen LogP contribution in [0.25, 0.3) is 11.0 Å². The zero-order valence-electron chi connectivity index (χ0n) is 19.4. The Morgan fingerprint density at radius 3 is 2.62 bits per heavy atom. The predicted octanol–water partition coefficient (Wildman–Crippen LogP) is 5.80. The quantitative estimate of drug-likeness (QED) is 0.396. The van der Waals surface area contributed by atoms with Crippen molar-refractivity contribution in [3.05, 3.63) is 104 Å². The molecule has 1 unspecified atom stereocenters. The number of carboxylic acid groups (broad SMARTS) is 1. The van der Waals surface area contributed by atoms with Crippen molar-refractivity contribution in [3.8, 4) is 0 Å². The second kappa shape index (κ2) is 8.37. The highest BCUT2D eigenvalue weighted by Crippen LogP contribution is 2.34. The average molecular weight is 455 g/mol. The number of para-hydroxylation sites is 1. The first-order valence-electron chi connectivity index (χ1n) is 11.3. The van der Waals surface area contributed by atoms with E-state index < -0.39 is 5.97 Å². The molecule has 0 bridgehead atoms. The van der Waals surface area contributed by atoms with Crippen LogP contribution in [0, 0.1) is 13.8 Å². The molecule has 172 valence electrons. The fraction of sp³-hybridized carbons (Fsp3) is 0.214. The summed E-state index contributed by atoms with van der Waals surface area (Å²) in [6.07, 6.45) is 0. The lowest BCUT2D eigenvalue weighted by Gasteiger charge is -2.21. The summed E-state index contributed by atoms with van der Waals surface area (Å²) < 4.78 is 6.39. The SMILES string of the molecule is Cc1cc(C(C)Nc2ccccc2C(=O)O)c2oc(N3Cc4cccc(C)c4C3)cc(=O)c2c1. The topological polar surface area (TPSA) is 82.8 Å². The molecular weight excluding hydrogens is 428 g/mol. The Morgan fingerprint density at radius 1 is 1.06 bits per heavy atom. The lowest BCUT2D eigenvalue weighted by molar-refractivity contribution is 0.0698. The first-order chi connectivity index (χ1) is 16.3. The highest BCUT2D eigenvalue weighted by Gasteiger charge is 2.24. The first-order valence-corrected chi connectivity index (χ1v) is 11.3. The third-order valence-corrected chi connectivity index (χ3v) is 6.51. The van der Waals surface area contributed by atoms with Gasteiger partial charge in [0.1, 0.15) is 5.58 Å². The van der Waals surface area contributed by atoms with E-state index in [-0.39, 0.29) is 17.0 Å². The second-order valence-electron chi connectivity index (χ2n) is 8.97. The van der Waals surface area contributed by atoms with Crippen LogP contribution in [0.15, 0.2) is 69.9 Å². The molecule has 1 aromatic heterocycles. The summed E-state index contributed by atoms with van der Waals surface area (Å²) in [6, 6.07) is 18.2. The Hall–Kier alpha value is -4.06. The summed E-state index contributed by atoms with van der Waals surface area (Å²) in [5.41, 5.74) is 6.63. The number of aromatic carboxylic acids is 1. The molecule has 2 heterocycles. The number of hydrogen-bond acceptors (Lipinski definition) is 5. The molecule has 3 aromatic carbocycles. The zero-order valence-corrected chi connectivity index (χ0v) is 19.4. The standard InChI is InChI=1S/C28H26N2O4/c1-16-11-21(18(3)29-24-10-5-4-9-20(24)28(32)33)27-22(12-16)25(31)13-26(34-27)30-14-19-8-6-7-17(2)23(19)15-30/h4-13,18,29H,14-15H2,1-3H3,(H,32,33). The van der Waals surface area contributed by atoms with E-state index in [1.54, 1.807) is 30.3 Å². The molecule has 5 rings (SSSR count). The van der Waals surface area contributed by atoms with E-state index in [0.29, 0.717) is 35.6 Å². The van der Waals surface area contributed by atoms with Crippen molar-refractivity contribution >= 4 is 28.5 Å². The van der Waals surface area contributed by atoms with Crippen molar-refractivity contribution in [1.82, 2.24) is 0 Å². The fourth-order valence-electron chi connectivity index (χ4n) is 4.75. The Labute approximate surface area is 197 Å². The molecule has 0 saturated heterocycles. The van der Waals surface area contributed by atoms with Gasteiger partial charge in [-0.3, -0.25) is 4.79 Å². The van der Waals surface area contributed by atoms with Crippen molar-refractivity contribution in [2.45, 2.75) is 39.9 Å². The summed E-state index contributed by atoms with van der Waals surface area (Å²) in [5.74, 6) is -0.460. The van der Waals surface area contributed by atoms with Gasteiger partial charge in [0.05, 0.1) is 17.0 Å². The minimum absolute atomic E-state index is 0.0907. The minimum atomic E-state index is -0.998. The minimum Gasteiger partial charge on any atom is -0.478 e. The van der Waals surface area contributed by atoms with Gasteiger partial charge in [0, 0.05) is 30.4 Å². The van der Waals surface area contributed by atoms with Gasteiger partial charge < -0.3 is 19.7 Å². The van der Waals surface area contributed by atoms with Crippen LogP contribution in [0.5, 0.6) is 0 Å². The summed E-state index contributed by atoms with van der Waals surface area (Å²) in [4.78, 5) is 26.9. The zero-order chi connectivity index (χ0) is 24.0. The van der Waals surface area contributed by atoms with Crippen LogP contribution in [0.3, 0.4) is 0 Å². The van der Waals surface area contributed by atoms with Crippen LogP contribution in [0.2, 0.25) is 0 Å². The van der Waals surface area contributed by atoms with Gasteiger partial charge in [-0.15, -0.1) is 0 Å². The largest absolute Gasteiger partial charge is 0.478 e. The van der Waals surface area contributed by atoms with Crippen molar-refractivity contribution in [2.75, 3.05) is 10.2 Å². The van der Waals surface area contributed by atoms with Crippen LogP contribution in [-0.2, 0) is 13.1 Å². The predicted molar refractivity (Wildman–Crippen MR) is 134 cm³/mol. The van der Waals surface area contributed by atoms with E-state index in [9.17, 15) is 14.7 Å². The molecule has 0 saturated carbocycles. The summed E-state index contributed by atoms with van der Waals surface area (Å²) in [6.45, 7) is 7.36. The summed E-state index contributed by atoms with van der Waals surface area (Å²) in [5, 5.41) is 13.4. The van der Waals surface area contributed by atoms with Crippen molar-refractivity contribution in [1.29, 1.82) is 0 Å². The van der Waals surface area contributed by atoms with Crippen molar-refractivity contribution in [2.24, 2.45) is 0 Å². The molecule has 0 amide bonds. The van der Waals surface area contributed by atoms with Crippen LogP contribution >= 0.6 is 0 Å². The highest BCUT2D eigenvalue weighted by molar-refractivity contribution is 5.94. The molecule has 1 atom stereocenters. The van der Waals surface area contributed by atoms with Gasteiger partial charge in [-0.05, 0) is 61.2 Å². The van der Waals surface area contributed by atoms with E-state index in [0.717, 1.165) is 11.1 Å². The lowest BCUT2D eigenvalue weighted by atomic mass is 10.0. The number of benzene rings is 3. The fourth-order valence-corrected chi connectivity index (χ4v) is 4.75. The molecule has 34 heavy (non-hydrogen) atoms. The molecule has 1 aliphatic rings. The van der Waals surface area contributed by atoms with E-state index in [2.05, 4.69) is 35.3 Å². The van der Waals surface area contributed by atoms with Crippen LogP contribution in [0.1, 0.15) is 51.1 Å². The first kappa shape index (κ1) is 21.8. The molecule has 4 aromatic rings. The maximum atomic E-state index is 13.1. The second-order valence-corrected chi connectivity index (χ2v) is 8.97. The smallest absolute Gasteiger partial charge is 0.337 e. The maximum Gasteiger partial charge on any atom is 0.337 e. The monoisotopic (exact) mass is 454 g/mol. The molecule has 2 N–H and O–H groups in total. The number of carboxylic acids is 1. The van der Waals surface area contributed by atoms with Gasteiger partial charge in [-0.2, -0.15) is 0 Å². The number of carbonyl (C=O) groups is 1. The third kappa shape index (κ3) is 3.81.